The van der Waals surface area contributed by atoms with Crippen LogP contribution in [0.5, 0.6) is 5.75 Å². The summed E-state index contributed by atoms with van der Waals surface area (Å²) in [6.45, 7) is 1.84. The zero-order valence-corrected chi connectivity index (χ0v) is 15.1. The van der Waals surface area contributed by atoms with Crippen LogP contribution in [0.4, 0.5) is 10.1 Å². The molecule has 0 aliphatic carbocycles. The number of rotatable bonds is 4. The van der Waals surface area contributed by atoms with E-state index >= 15 is 0 Å². The lowest BCUT2D eigenvalue weighted by molar-refractivity contribution is -0.118. The van der Waals surface area contributed by atoms with Gasteiger partial charge in [-0.05, 0) is 36.2 Å². The predicted molar refractivity (Wildman–Crippen MR) is 98.8 cm³/mol. The van der Waals surface area contributed by atoms with Crippen molar-refractivity contribution in [1.29, 1.82) is 0 Å². The van der Waals surface area contributed by atoms with Gasteiger partial charge in [-0.2, -0.15) is 0 Å². The molecule has 0 N–H and O–H groups in total. The van der Waals surface area contributed by atoms with Crippen molar-refractivity contribution in [3.05, 3.63) is 64.5 Å². The number of aryl methyl sites for hydroxylation is 1. The molecule has 0 atom stereocenters. The Labute approximate surface area is 155 Å². The molecule has 0 unspecified atom stereocenters. The van der Waals surface area contributed by atoms with Crippen LogP contribution in [0.2, 0.25) is 0 Å². The van der Waals surface area contributed by atoms with E-state index in [1.54, 1.807) is 37.3 Å². The van der Waals surface area contributed by atoms with Crippen molar-refractivity contribution >= 4 is 34.5 Å². The first-order valence-corrected chi connectivity index (χ1v) is 8.40. The lowest BCUT2D eigenvalue weighted by Gasteiger charge is -2.24. The Kier molecular flexibility index (Phi) is 5.09. The summed E-state index contributed by atoms with van der Waals surface area (Å²) in [6, 6.07) is 9.95. The molecular formula is C20H17ClFNO3. The van der Waals surface area contributed by atoms with Crippen LogP contribution in [-0.4, -0.2) is 19.3 Å². The van der Waals surface area contributed by atoms with Crippen molar-refractivity contribution in [2.24, 2.45) is 0 Å². The minimum absolute atomic E-state index is 0.117. The number of halogens is 2. The first-order valence-electron chi connectivity index (χ1n) is 8.02. The Hall–Kier alpha value is -2.66. The number of anilines is 1. The second-order valence-corrected chi connectivity index (χ2v) is 6.46. The second-order valence-electron chi connectivity index (χ2n) is 6.08. The Balaban J connectivity index is 2.11. The van der Waals surface area contributed by atoms with Gasteiger partial charge in [-0.25, -0.2) is 4.39 Å². The van der Waals surface area contributed by atoms with Crippen LogP contribution in [0.3, 0.4) is 0 Å². The number of benzene rings is 2. The third kappa shape index (κ3) is 3.35. The van der Waals surface area contributed by atoms with Gasteiger partial charge in [0, 0.05) is 17.2 Å². The molecule has 0 aromatic heterocycles. The number of carbonyl (C=O) groups is 2. The van der Waals surface area contributed by atoms with Gasteiger partial charge in [0.05, 0.1) is 30.8 Å². The van der Waals surface area contributed by atoms with E-state index in [2.05, 4.69) is 0 Å². The monoisotopic (exact) mass is 373 g/mol. The average molecular weight is 374 g/mol. The van der Waals surface area contributed by atoms with Crippen molar-refractivity contribution in [1.82, 2.24) is 0 Å². The van der Waals surface area contributed by atoms with Crippen LogP contribution in [0.1, 0.15) is 23.1 Å². The zero-order chi connectivity index (χ0) is 18.8. The molecule has 26 heavy (non-hydrogen) atoms. The molecule has 0 saturated carbocycles. The fourth-order valence-electron chi connectivity index (χ4n) is 2.87. The molecule has 0 fully saturated rings. The molecule has 1 aliphatic heterocycles. The van der Waals surface area contributed by atoms with Crippen molar-refractivity contribution in [3.8, 4) is 5.75 Å². The van der Waals surface area contributed by atoms with E-state index < -0.39 is 0 Å². The van der Waals surface area contributed by atoms with E-state index in [4.69, 9.17) is 16.3 Å². The molecule has 2 aromatic rings. The normalized spacial score (nSPS) is 14.2. The van der Waals surface area contributed by atoms with Gasteiger partial charge < -0.3 is 9.64 Å². The van der Waals surface area contributed by atoms with Gasteiger partial charge in [0.2, 0.25) is 5.91 Å². The Bertz CT molecular complexity index is 923. The highest BCUT2D eigenvalue weighted by atomic mass is 35.5. The van der Waals surface area contributed by atoms with E-state index in [0.29, 0.717) is 34.4 Å². The SMILES string of the molecule is COc1ccc2c(c1)N(Cc1ccc(C)c(F)c1)C(=O)CC(C=O)=C2Cl. The van der Waals surface area contributed by atoms with Crippen molar-refractivity contribution in [2.75, 3.05) is 12.0 Å². The van der Waals surface area contributed by atoms with Gasteiger partial charge in [0.25, 0.3) is 0 Å². The minimum Gasteiger partial charge on any atom is -0.497 e. The topological polar surface area (TPSA) is 46.6 Å². The minimum atomic E-state index is -0.333. The number of carbonyl (C=O) groups excluding carboxylic acids is 2. The van der Waals surface area contributed by atoms with Crippen LogP contribution in [-0.2, 0) is 16.1 Å². The van der Waals surface area contributed by atoms with Gasteiger partial charge in [0.1, 0.15) is 17.9 Å². The largest absolute Gasteiger partial charge is 0.497 e. The maximum atomic E-state index is 13.9. The molecule has 4 nitrogen and oxygen atoms in total. The van der Waals surface area contributed by atoms with E-state index in [1.165, 1.54) is 18.1 Å². The molecular weight excluding hydrogens is 357 g/mol. The summed E-state index contributed by atoms with van der Waals surface area (Å²) in [7, 11) is 1.52. The Morgan fingerprint density at radius 2 is 2.04 bits per heavy atom. The van der Waals surface area contributed by atoms with Gasteiger partial charge >= 0.3 is 0 Å². The maximum absolute atomic E-state index is 13.9. The first kappa shape index (κ1) is 18.1. The number of hydrogen-bond donors (Lipinski definition) is 0. The number of methoxy groups -OCH3 is 1. The van der Waals surface area contributed by atoms with Crippen molar-refractivity contribution in [3.63, 3.8) is 0 Å². The molecule has 0 radical (unpaired) electrons. The predicted octanol–water partition coefficient (Wildman–Crippen LogP) is 4.23. The number of hydrogen-bond acceptors (Lipinski definition) is 3. The highest BCUT2D eigenvalue weighted by Crippen LogP contribution is 2.39. The maximum Gasteiger partial charge on any atom is 0.231 e. The van der Waals surface area contributed by atoms with Crippen molar-refractivity contribution in [2.45, 2.75) is 19.9 Å². The van der Waals surface area contributed by atoms with Crippen LogP contribution in [0.15, 0.2) is 42.0 Å². The van der Waals surface area contributed by atoms with E-state index in [-0.39, 0.29) is 35.3 Å². The first-order chi connectivity index (χ1) is 12.4. The molecule has 2 aromatic carbocycles. The van der Waals surface area contributed by atoms with Gasteiger partial charge in [-0.15, -0.1) is 0 Å². The summed E-state index contributed by atoms with van der Waals surface area (Å²) in [5.41, 5.74) is 2.48. The summed E-state index contributed by atoms with van der Waals surface area (Å²) in [5.74, 6) is -0.0748. The van der Waals surface area contributed by atoms with Crippen LogP contribution in [0, 0.1) is 12.7 Å². The fourth-order valence-corrected chi connectivity index (χ4v) is 3.15. The van der Waals surface area contributed by atoms with E-state index in [0.717, 1.165) is 0 Å². The van der Waals surface area contributed by atoms with Crippen LogP contribution < -0.4 is 9.64 Å². The highest BCUT2D eigenvalue weighted by molar-refractivity contribution is 6.51. The number of ether oxygens (including phenoxy) is 1. The molecule has 6 heteroatoms. The molecule has 3 rings (SSSR count). The van der Waals surface area contributed by atoms with Gasteiger partial charge in [0.15, 0.2) is 0 Å². The van der Waals surface area contributed by atoms with Crippen LogP contribution >= 0.6 is 11.6 Å². The smallest absolute Gasteiger partial charge is 0.231 e. The molecule has 134 valence electrons. The Morgan fingerprint density at radius 1 is 1.27 bits per heavy atom. The number of fused-ring (bicyclic) bond motifs is 1. The van der Waals surface area contributed by atoms with Gasteiger partial charge in [-0.1, -0.05) is 23.7 Å². The third-order valence-electron chi connectivity index (χ3n) is 4.38. The second kappa shape index (κ2) is 7.30. The molecule has 1 heterocycles. The molecule has 1 amide bonds. The quantitative estimate of drug-likeness (QED) is 0.753. The zero-order valence-electron chi connectivity index (χ0n) is 14.4. The molecule has 0 spiro atoms. The lowest BCUT2D eigenvalue weighted by atomic mass is 10.1. The third-order valence-corrected chi connectivity index (χ3v) is 4.82. The number of amides is 1. The summed E-state index contributed by atoms with van der Waals surface area (Å²) >= 11 is 6.36. The summed E-state index contributed by atoms with van der Waals surface area (Å²) < 4.78 is 19.2. The van der Waals surface area contributed by atoms with E-state index in [9.17, 15) is 14.0 Å². The van der Waals surface area contributed by atoms with Crippen LogP contribution in [0.25, 0.3) is 5.03 Å². The number of aldehydes is 1. The fraction of sp³-hybridized carbons (Fsp3) is 0.200. The molecule has 0 saturated heterocycles. The Morgan fingerprint density at radius 3 is 2.69 bits per heavy atom. The molecule has 1 aliphatic rings. The van der Waals surface area contributed by atoms with Crippen molar-refractivity contribution < 1.29 is 18.7 Å². The number of nitrogens with zero attached hydrogens (tertiary/aromatic N) is 1. The summed E-state index contributed by atoms with van der Waals surface area (Å²) in [5, 5.41) is 0.239. The standard InChI is InChI=1S/C20H17ClFNO3/c1-12-3-4-13(7-17(12)22)10-23-18-9-15(26-2)5-6-16(18)20(21)14(11-24)8-19(23)25/h3-7,9,11H,8,10H2,1-2H3. The highest BCUT2D eigenvalue weighted by Gasteiger charge is 2.27. The van der Waals surface area contributed by atoms with Gasteiger partial charge in [-0.3, -0.25) is 9.59 Å². The summed E-state index contributed by atoms with van der Waals surface area (Å²) in [6.07, 6.45) is 0.483. The lowest BCUT2D eigenvalue weighted by Crippen LogP contribution is -2.30. The average Bonchev–Trinajstić information content (AvgIpc) is 2.74. The summed E-state index contributed by atoms with van der Waals surface area (Å²) in [4.78, 5) is 25.6. The van der Waals surface area contributed by atoms with E-state index in [1.807, 2.05) is 0 Å². The molecule has 0 bridgehead atoms.